The van der Waals surface area contributed by atoms with Gasteiger partial charge in [-0.15, -0.1) is 0 Å². The second-order valence-electron chi connectivity index (χ2n) is 8.21. The van der Waals surface area contributed by atoms with Gasteiger partial charge in [0.1, 0.15) is 18.1 Å². The molecule has 1 aromatic heterocycles. The highest BCUT2D eigenvalue weighted by molar-refractivity contribution is 7.89. The van der Waals surface area contributed by atoms with Gasteiger partial charge in [-0.25, -0.2) is 8.42 Å². The Morgan fingerprint density at radius 2 is 1.91 bits per heavy atom. The third-order valence-corrected chi connectivity index (χ3v) is 8.23. The van der Waals surface area contributed by atoms with Crippen LogP contribution in [0.15, 0.2) is 51.9 Å². The van der Waals surface area contributed by atoms with Gasteiger partial charge in [-0.1, -0.05) is 25.1 Å². The largest absolute Gasteiger partial charge is 0.489 e. The Morgan fingerprint density at radius 1 is 1.15 bits per heavy atom. The maximum atomic E-state index is 13.3. The van der Waals surface area contributed by atoms with Crippen LogP contribution in [0.5, 0.6) is 5.75 Å². The minimum absolute atomic E-state index is 0.152. The number of carbonyl (C=O) groups excluding carboxylic acids is 1. The zero-order valence-electron chi connectivity index (χ0n) is 19.9. The van der Waals surface area contributed by atoms with Crippen LogP contribution in [0.25, 0.3) is 0 Å². The minimum atomic E-state index is -3.55. The van der Waals surface area contributed by atoms with E-state index in [4.69, 9.17) is 9.26 Å². The van der Waals surface area contributed by atoms with Gasteiger partial charge < -0.3 is 14.2 Å². The molecule has 0 fully saturated rings. The van der Waals surface area contributed by atoms with Crippen molar-refractivity contribution < 1.29 is 22.5 Å². The molecule has 180 valence electrons. The smallest absolute Gasteiger partial charge is 0.258 e. The number of anilines is 1. The van der Waals surface area contributed by atoms with E-state index < -0.39 is 10.0 Å². The van der Waals surface area contributed by atoms with Crippen LogP contribution >= 0.6 is 0 Å². The summed E-state index contributed by atoms with van der Waals surface area (Å²) in [4.78, 5) is 15.3. The van der Waals surface area contributed by atoms with Crippen LogP contribution in [0.3, 0.4) is 0 Å². The summed E-state index contributed by atoms with van der Waals surface area (Å²) in [7, 11) is -3.55. The molecule has 1 aliphatic rings. The molecule has 1 aliphatic heterocycles. The first-order chi connectivity index (χ1) is 16.3. The Balaban J connectivity index is 1.53. The van der Waals surface area contributed by atoms with Crippen LogP contribution in [-0.4, -0.2) is 43.4 Å². The number of amides is 1. The van der Waals surface area contributed by atoms with E-state index in [2.05, 4.69) is 5.16 Å². The molecule has 9 heteroatoms. The van der Waals surface area contributed by atoms with Crippen molar-refractivity contribution in [2.24, 2.45) is 0 Å². The van der Waals surface area contributed by atoms with Crippen LogP contribution in [-0.2, 0) is 23.1 Å². The molecule has 0 saturated carbocycles. The molecular formula is C25H29N3O5S. The molecule has 0 spiro atoms. The Kier molecular flexibility index (Phi) is 6.77. The van der Waals surface area contributed by atoms with Crippen molar-refractivity contribution in [3.05, 3.63) is 70.6 Å². The maximum Gasteiger partial charge on any atom is 0.258 e. The predicted molar refractivity (Wildman–Crippen MR) is 129 cm³/mol. The summed E-state index contributed by atoms with van der Waals surface area (Å²) in [6.07, 6.45) is 0.602. The van der Waals surface area contributed by atoms with Gasteiger partial charge in [0, 0.05) is 30.9 Å². The van der Waals surface area contributed by atoms with Crippen molar-refractivity contribution in [2.45, 2.75) is 45.6 Å². The van der Waals surface area contributed by atoms with Gasteiger partial charge in [-0.05, 0) is 62.2 Å². The second-order valence-corrected chi connectivity index (χ2v) is 10.1. The molecule has 2 heterocycles. The SMILES string of the molecule is CCN(CC)S(=O)(=O)c1ccc2c(c1)CCN2C(=O)c1cccc(OCc2c(C)noc2C)c1. The topological polar surface area (TPSA) is 93.0 Å². The molecular weight excluding hydrogens is 454 g/mol. The number of nitrogens with zero attached hydrogens (tertiary/aromatic N) is 3. The van der Waals surface area contributed by atoms with Crippen molar-refractivity contribution >= 4 is 21.6 Å². The highest BCUT2D eigenvalue weighted by Gasteiger charge is 2.29. The summed E-state index contributed by atoms with van der Waals surface area (Å²) < 4.78 is 38.2. The van der Waals surface area contributed by atoms with Gasteiger partial charge in [-0.2, -0.15) is 4.31 Å². The van der Waals surface area contributed by atoms with E-state index in [1.807, 2.05) is 27.7 Å². The van der Waals surface area contributed by atoms with Crippen LogP contribution in [0.2, 0.25) is 0 Å². The maximum absolute atomic E-state index is 13.3. The van der Waals surface area contributed by atoms with Crippen molar-refractivity contribution in [1.82, 2.24) is 9.46 Å². The highest BCUT2D eigenvalue weighted by Crippen LogP contribution is 2.32. The Labute approximate surface area is 200 Å². The Bertz CT molecular complexity index is 1290. The first-order valence-electron chi connectivity index (χ1n) is 11.4. The molecule has 3 aromatic rings. The molecule has 1 amide bonds. The van der Waals surface area contributed by atoms with E-state index in [0.717, 1.165) is 22.5 Å². The van der Waals surface area contributed by atoms with Gasteiger partial charge in [0.15, 0.2) is 0 Å². The van der Waals surface area contributed by atoms with Crippen LogP contribution in [0.1, 0.15) is 46.8 Å². The predicted octanol–water partition coefficient (Wildman–Crippen LogP) is 4.10. The van der Waals surface area contributed by atoms with Gasteiger partial charge in [0.05, 0.1) is 16.2 Å². The molecule has 4 rings (SSSR count). The average molecular weight is 484 g/mol. The lowest BCUT2D eigenvalue weighted by Gasteiger charge is -2.20. The van der Waals surface area contributed by atoms with E-state index >= 15 is 0 Å². The Hall–Kier alpha value is -3.17. The van der Waals surface area contributed by atoms with Gasteiger partial charge in [0.2, 0.25) is 10.0 Å². The molecule has 0 aliphatic carbocycles. The number of hydrogen-bond donors (Lipinski definition) is 0. The standard InChI is InChI=1S/C25H29N3O5S/c1-5-27(6-2)34(30,31)22-10-11-24-19(15-22)12-13-28(24)25(29)20-8-7-9-21(14-20)32-16-23-17(3)26-33-18(23)4/h7-11,14-15H,5-6,12-13,16H2,1-4H3. The van der Waals surface area contributed by atoms with Crippen molar-refractivity contribution in [1.29, 1.82) is 0 Å². The molecule has 34 heavy (non-hydrogen) atoms. The molecule has 2 aromatic carbocycles. The fourth-order valence-corrected chi connectivity index (χ4v) is 5.71. The number of ether oxygens (including phenoxy) is 1. The number of benzene rings is 2. The monoisotopic (exact) mass is 483 g/mol. The Morgan fingerprint density at radius 3 is 2.59 bits per heavy atom. The molecule has 0 radical (unpaired) electrons. The number of carbonyl (C=O) groups is 1. The first kappa shape index (κ1) is 24.0. The molecule has 0 unspecified atom stereocenters. The van der Waals surface area contributed by atoms with Crippen LogP contribution < -0.4 is 9.64 Å². The molecule has 8 nitrogen and oxygen atoms in total. The molecule has 0 atom stereocenters. The lowest BCUT2D eigenvalue weighted by atomic mass is 10.1. The summed E-state index contributed by atoms with van der Waals surface area (Å²) in [5.74, 6) is 1.13. The number of fused-ring (bicyclic) bond motifs is 1. The summed E-state index contributed by atoms with van der Waals surface area (Å²) in [6, 6.07) is 12.1. The number of hydrogen-bond acceptors (Lipinski definition) is 6. The quantitative estimate of drug-likeness (QED) is 0.479. The lowest BCUT2D eigenvalue weighted by molar-refractivity contribution is 0.0989. The van der Waals surface area contributed by atoms with E-state index in [0.29, 0.717) is 49.7 Å². The summed E-state index contributed by atoms with van der Waals surface area (Å²) in [6.45, 7) is 8.95. The third-order valence-electron chi connectivity index (χ3n) is 6.18. The van der Waals surface area contributed by atoms with Gasteiger partial charge in [-0.3, -0.25) is 4.79 Å². The van der Waals surface area contributed by atoms with Crippen LogP contribution in [0.4, 0.5) is 5.69 Å². The lowest BCUT2D eigenvalue weighted by Crippen LogP contribution is -2.30. The van der Waals surface area contributed by atoms with E-state index in [9.17, 15) is 13.2 Å². The normalized spacial score (nSPS) is 13.4. The van der Waals surface area contributed by atoms with E-state index in [1.165, 1.54) is 4.31 Å². The number of aryl methyl sites for hydroxylation is 2. The first-order valence-corrected chi connectivity index (χ1v) is 12.8. The van der Waals surface area contributed by atoms with Gasteiger partial charge in [0.25, 0.3) is 5.91 Å². The van der Waals surface area contributed by atoms with E-state index in [-0.39, 0.29) is 10.8 Å². The average Bonchev–Trinajstić information content (AvgIpc) is 3.40. The number of rotatable bonds is 8. The summed E-state index contributed by atoms with van der Waals surface area (Å²) in [5, 5.41) is 3.93. The molecule has 0 N–H and O–H groups in total. The fraction of sp³-hybridized carbons (Fsp3) is 0.360. The zero-order chi connectivity index (χ0) is 24.5. The summed E-state index contributed by atoms with van der Waals surface area (Å²) >= 11 is 0. The molecule has 0 bridgehead atoms. The van der Waals surface area contributed by atoms with Crippen molar-refractivity contribution in [3.63, 3.8) is 0 Å². The second kappa shape index (κ2) is 9.60. The summed E-state index contributed by atoms with van der Waals surface area (Å²) in [5.41, 5.74) is 3.77. The van der Waals surface area contributed by atoms with Crippen molar-refractivity contribution in [3.8, 4) is 5.75 Å². The van der Waals surface area contributed by atoms with Crippen LogP contribution in [0, 0.1) is 13.8 Å². The highest BCUT2D eigenvalue weighted by atomic mass is 32.2. The molecule has 0 saturated heterocycles. The minimum Gasteiger partial charge on any atom is -0.489 e. The third kappa shape index (κ3) is 4.45. The van der Waals surface area contributed by atoms with Gasteiger partial charge >= 0.3 is 0 Å². The number of aromatic nitrogens is 1. The van der Waals surface area contributed by atoms with Crippen molar-refractivity contribution in [2.75, 3.05) is 24.5 Å². The zero-order valence-corrected chi connectivity index (χ0v) is 20.7. The number of sulfonamides is 1. The van der Waals surface area contributed by atoms with E-state index in [1.54, 1.807) is 47.4 Å². The fourth-order valence-electron chi connectivity index (χ4n) is 4.20.